The third-order valence-corrected chi connectivity index (χ3v) is 4.03. The Hall–Kier alpha value is -1.68. The fourth-order valence-electron chi connectivity index (χ4n) is 2.17. The Balaban J connectivity index is 2.15. The minimum absolute atomic E-state index is 0.902. The van der Waals surface area contributed by atoms with Crippen molar-refractivity contribution in [3.63, 3.8) is 0 Å². The van der Waals surface area contributed by atoms with Gasteiger partial charge in [-0.05, 0) is 38.5 Å². The normalized spacial score (nSPS) is 11.3. The number of rotatable bonds is 2. The summed E-state index contributed by atoms with van der Waals surface area (Å²) >= 11 is 1.74. The number of hydrogen-bond donors (Lipinski definition) is 0. The summed E-state index contributed by atoms with van der Waals surface area (Å²) < 4.78 is 3.22. The van der Waals surface area contributed by atoms with Crippen LogP contribution in [0, 0.1) is 13.8 Å². The lowest BCUT2D eigenvalue weighted by molar-refractivity contribution is 0.653. The molecule has 18 heavy (non-hydrogen) atoms. The predicted molar refractivity (Wildman–Crippen MR) is 76.0 cm³/mol. The Labute approximate surface area is 110 Å². The molecule has 0 aliphatic carbocycles. The number of aromatic nitrogens is 3. The van der Waals surface area contributed by atoms with Crippen LogP contribution in [0.5, 0.6) is 0 Å². The molecule has 4 heteroatoms. The summed E-state index contributed by atoms with van der Waals surface area (Å²) in [6, 6.07) is 6.46. The molecule has 0 N–H and O–H groups in total. The molecule has 0 aliphatic rings. The summed E-state index contributed by atoms with van der Waals surface area (Å²) in [5, 5.41) is 5.60. The van der Waals surface area contributed by atoms with Crippen LogP contribution >= 0.6 is 11.3 Å². The molecule has 92 valence electrons. The Morgan fingerprint density at radius 1 is 1.28 bits per heavy atom. The molecule has 0 amide bonds. The Morgan fingerprint density at radius 3 is 2.83 bits per heavy atom. The van der Waals surface area contributed by atoms with E-state index in [0.717, 1.165) is 22.8 Å². The summed E-state index contributed by atoms with van der Waals surface area (Å²) in [5.74, 6) is 0. The van der Waals surface area contributed by atoms with Gasteiger partial charge in [0.1, 0.15) is 0 Å². The first-order chi connectivity index (χ1) is 8.67. The number of thiazole rings is 1. The van der Waals surface area contributed by atoms with Crippen molar-refractivity contribution < 1.29 is 0 Å². The molecule has 3 nitrogen and oxygen atoms in total. The molecule has 2 heterocycles. The molecule has 1 aromatic carbocycles. The van der Waals surface area contributed by atoms with E-state index in [2.05, 4.69) is 48.3 Å². The molecule has 0 spiro atoms. The van der Waals surface area contributed by atoms with Crippen molar-refractivity contribution >= 4 is 21.6 Å². The average molecular weight is 257 g/mol. The van der Waals surface area contributed by atoms with Crippen LogP contribution < -0.4 is 0 Å². The molecule has 0 fully saturated rings. The SMILES string of the molecule is CCn1cc(-c2ccc3sc(C)nc3c2)c(C)n1. The molecule has 0 saturated heterocycles. The first kappa shape index (κ1) is 11.4. The second-order valence-electron chi connectivity index (χ2n) is 4.40. The summed E-state index contributed by atoms with van der Waals surface area (Å²) in [6.45, 7) is 7.10. The molecule has 2 aromatic heterocycles. The largest absolute Gasteiger partial charge is 0.272 e. The van der Waals surface area contributed by atoms with Gasteiger partial charge in [0, 0.05) is 18.3 Å². The maximum absolute atomic E-state index is 4.55. The van der Waals surface area contributed by atoms with Crippen LogP contribution in [0.25, 0.3) is 21.3 Å². The lowest BCUT2D eigenvalue weighted by Crippen LogP contribution is -1.93. The molecule has 0 saturated carbocycles. The number of aryl methyl sites for hydroxylation is 3. The van der Waals surface area contributed by atoms with Gasteiger partial charge in [0.2, 0.25) is 0 Å². The lowest BCUT2D eigenvalue weighted by Gasteiger charge is -1.98. The number of hydrogen-bond acceptors (Lipinski definition) is 3. The van der Waals surface area contributed by atoms with Crippen LogP contribution in [0.15, 0.2) is 24.4 Å². The molecular formula is C14H15N3S. The van der Waals surface area contributed by atoms with Crippen molar-refractivity contribution in [3.8, 4) is 11.1 Å². The smallest absolute Gasteiger partial charge is 0.0907 e. The highest BCUT2D eigenvalue weighted by molar-refractivity contribution is 7.18. The van der Waals surface area contributed by atoms with Gasteiger partial charge in [-0.15, -0.1) is 11.3 Å². The zero-order valence-electron chi connectivity index (χ0n) is 10.8. The molecule has 3 aromatic rings. The van der Waals surface area contributed by atoms with Crippen LogP contribution in [0.3, 0.4) is 0 Å². The van der Waals surface area contributed by atoms with E-state index in [9.17, 15) is 0 Å². The standard InChI is InChI=1S/C14H15N3S/c1-4-17-8-12(9(2)16-17)11-5-6-14-13(7-11)15-10(3)18-14/h5-8H,4H2,1-3H3. The minimum Gasteiger partial charge on any atom is -0.272 e. The van der Waals surface area contributed by atoms with Crippen molar-refractivity contribution in [2.24, 2.45) is 0 Å². The molecule has 0 atom stereocenters. The third kappa shape index (κ3) is 1.82. The van der Waals surface area contributed by atoms with Crippen LogP contribution in [0.2, 0.25) is 0 Å². The maximum Gasteiger partial charge on any atom is 0.0907 e. The van der Waals surface area contributed by atoms with Crippen LogP contribution in [0.4, 0.5) is 0 Å². The molecule has 3 rings (SSSR count). The minimum atomic E-state index is 0.902. The van der Waals surface area contributed by atoms with Gasteiger partial charge in [-0.3, -0.25) is 4.68 Å². The highest BCUT2D eigenvalue weighted by Crippen LogP contribution is 2.28. The van der Waals surface area contributed by atoms with Crippen LogP contribution in [-0.4, -0.2) is 14.8 Å². The van der Waals surface area contributed by atoms with Crippen LogP contribution in [0.1, 0.15) is 17.6 Å². The van der Waals surface area contributed by atoms with Crippen molar-refractivity contribution in [2.75, 3.05) is 0 Å². The van der Waals surface area contributed by atoms with Gasteiger partial charge in [-0.25, -0.2) is 4.98 Å². The number of nitrogens with zero attached hydrogens (tertiary/aromatic N) is 3. The van der Waals surface area contributed by atoms with E-state index in [0.29, 0.717) is 0 Å². The van der Waals surface area contributed by atoms with Crippen molar-refractivity contribution in [2.45, 2.75) is 27.3 Å². The van der Waals surface area contributed by atoms with E-state index in [-0.39, 0.29) is 0 Å². The summed E-state index contributed by atoms with van der Waals surface area (Å²) in [5.41, 5.74) is 4.55. The first-order valence-electron chi connectivity index (χ1n) is 6.09. The molecular weight excluding hydrogens is 242 g/mol. The lowest BCUT2D eigenvalue weighted by atomic mass is 10.1. The van der Waals surface area contributed by atoms with E-state index >= 15 is 0 Å². The van der Waals surface area contributed by atoms with E-state index in [1.807, 2.05) is 11.6 Å². The van der Waals surface area contributed by atoms with Gasteiger partial charge in [-0.2, -0.15) is 5.10 Å². The quantitative estimate of drug-likeness (QED) is 0.699. The zero-order valence-corrected chi connectivity index (χ0v) is 11.6. The summed E-state index contributed by atoms with van der Waals surface area (Å²) in [7, 11) is 0. The fraction of sp³-hybridized carbons (Fsp3) is 0.286. The second-order valence-corrected chi connectivity index (χ2v) is 5.63. The van der Waals surface area contributed by atoms with E-state index in [1.165, 1.54) is 15.8 Å². The van der Waals surface area contributed by atoms with Gasteiger partial charge in [0.25, 0.3) is 0 Å². The highest BCUT2D eigenvalue weighted by Gasteiger charge is 2.08. The number of benzene rings is 1. The molecule has 0 bridgehead atoms. The summed E-state index contributed by atoms with van der Waals surface area (Å²) in [6.07, 6.45) is 2.11. The third-order valence-electron chi connectivity index (χ3n) is 3.08. The fourth-order valence-corrected chi connectivity index (χ4v) is 2.98. The van der Waals surface area contributed by atoms with E-state index in [1.54, 1.807) is 11.3 Å². The summed E-state index contributed by atoms with van der Waals surface area (Å²) in [4.78, 5) is 4.55. The predicted octanol–water partition coefficient (Wildman–Crippen LogP) is 3.80. The molecule has 0 radical (unpaired) electrons. The van der Waals surface area contributed by atoms with E-state index < -0.39 is 0 Å². The Bertz CT molecular complexity index is 709. The van der Waals surface area contributed by atoms with Crippen LogP contribution in [-0.2, 0) is 6.54 Å². The topological polar surface area (TPSA) is 30.7 Å². The Morgan fingerprint density at radius 2 is 2.11 bits per heavy atom. The van der Waals surface area contributed by atoms with Gasteiger partial charge in [-0.1, -0.05) is 6.07 Å². The van der Waals surface area contributed by atoms with E-state index in [4.69, 9.17) is 0 Å². The average Bonchev–Trinajstić information content (AvgIpc) is 2.89. The van der Waals surface area contributed by atoms with Crippen molar-refractivity contribution in [1.82, 2.24) is 14.8 Å². The molecule has 0 unspecified atom stereocenters. The van der Waals surface area contributed by atoms with Gasteiger partial charge >= 0.3 is 0 Å². The van der Waals surface area contributed by atoms with Crippen molar-refractivity contribution in [1.29, 1.82) is 0 Å². The van der Waals surface area contributed by atoms with Gasteiger partial charge in [0.15, 0.2) is 0 Å². The Kier molecular flexibility index (Phi) is 2.67. The maximum atomic E-state index is 4.55. The van der Waals surface area contributed by atoms with Crippen molar-refractivity contribution in [3.05, 3.63) is 35.1 Å². The first-order valence-corrected chi connectivity index (χ1v) is 6.90. The number of fused-ring (bicyclic) bond motifs is 1. The monoisotopic (exact) mass is 257 g/mol. The molecule has 0 aliphatic heterocycles. The van der Waals surface area contributed by atoms with Gasteiger partial charge in [0.05, 0.1) is 20.9 Å². The zero-order chi connectivity index (χ0) is 12.7. The highest BCUT2D eigenvalue weighted by atomic mass is 32.1. The van der Waals surface area contributed by atoms with Gasteiger partial charge < -0.3 is 0 Å². The second kappa shape index (κ2) is 4.21.